The zero-order valence-electron chi connectivity index (χ0n) is 12.4. The first kappa shape index (κ1) is 15.8. The third-order valence-electron chi connectivity index (χ3n) is 3.19. The number of halogens is 1. The van der Waals surface area contributed by atoms with Crippen LogP contribution in [0.15, 0.2) is 48.5 Å². The summed E-state index contributed by atoms with van der Waals surface area (Å²) in [6.45, 7) is 0.0449. The summed E-state index contributed by atoms with van der Waals surface area (Å²) in [7, 11) is 2.87. The van der Waals surface area contributed by atoms with E-state index in [1.165, 1.54) is 19.2 Å². The van der Waals surface area contributed by atoms with E-state index in [-0.39, 0.29) is 6.61 Å². The van der Waals surface area contributed by atoms with Crippen molar-refractivity contribution in [2.24, 2.45) is 0 Å². The van der Waals surface area contributed by atoms with Crippen molar-refractivity contribution >= 4 is 5.97 Å². The Labute approximate surface area is 128 Å². The monoisotopic (exact) mass is 304 g/mol. The van der Waals surface area contributed by atoms with Crippen LogP contribution in [0.5, 0.6) is 11.5 Å². The Balaban J connectivity index is 2.17. The van der Waals surface area contributed by atoms with Gasteiger partial charge in [0, 0.05) is 6.07 Å². The van der Waals surface area contributed by atoms with E-state index in [1.54, 1.807) is 43.5 Å². The summed E-state index contributed by atoms with van der Waals surface area (Å²) in [6, 6.07) is 12.9. The summed E-state index contributed by atoms with van der Waals surface area (Å²) in [5, 5.41) is 0. The molecule has 1 atom stereocenters. The molecular formula is C17H17FO4. The van der Waals surface area contributed by atoms with Gasteiger partial charge in [0.1, 0.15) is 29.8 Å². The molecule has 0 saturated heterocycles. The molecule has 116 valence electrons. The maximum absolute atomic E-state index is 13.1. The van der Waals surface area contributed by atoms with Crippen molar-refractivity contribution in [3.8, 4) is 11.5 Å². The van der Waals surface area contributed by atoms with Crippen molar-refractivity contribution in [3.05, 3.63) is 59.9 Å². The van der Waals surface area contributed by atoms with Crippen LogP contribution in [-0.4, -0.2) is 26.8 Å². The second-order valence-corrected chi connectivity index (χ2v) is 4.62. The van der Waals surface area contributed by atoms with Gasteiger partial charge in [-0.05, 0) is 29.8 Å². The van der Waals surface area contributed by atoms with Crippen LogP contribution in [0.4, 0.5) is 4.39 Å². The van der Waals surface area contributed by atoms with Gasteiger partial charge in [-0.1, -0.05) is 18.2 Å². The molecule has 5 heteroatoms. The molecule has 0 N–H and O–H groups in total. The number of esters is 1. The number of ether oxygens (including phenoxy) is 3. The van der Waals surface area contributed by atoms with Crippen molar-refractivity contribution in [3.63, 3.8) is 0 Å². The molecule has 2 aromatic carbocycles. The number of carbonyl (C=O) groups is 1. The Morgan fingerprint density at radius 3 is 2.50 bits per heavy atom. The van der Waals surface area contributed by atoms with Gasteiger partial charge in [0.15, 0.2) is 0 Å². The van der Waals surface area contributed by atoms with Crippen LogP contribution in [0, 0.1) is 5.82 Å². The smallest absolute Gasteiger partial charge is 0.316 e. The van der Waals surface area contributed by atoms with Crippen LogP contribution in [0.2, 0.25) is 0 Å². The molecule has 0 aliphatic carbocycles. The fourth-order valence-electron chi connectivity index (χ4n) is 2.04. The Kier molecular flexibility index (Phi) is 5.36. The number of hydrogen-bond acceptors (Lipinski definition) is 4. The van der Waals surface area contributed by atoms with Gasteiger partial charge >= 0.3 is 5.97 Å². The minimum Gasteiger partial charge on any atom is -0.497 e. The highest BCUT2D eigenvalue weighted by Gasteiger charge is 2.23. The number of carbonyl (C=O) groups excluding carboxylic acids is 1. The van der Waals surface area contributed by atoms with Crippen molar-refractivity contribution in [2.75, 3.05) is 20.8 Å². The molecule has 0 saturated carbocycles. The zero-order valence-corrected chi connectivity index (χ0v) is 12.4. The lowest BCUT2D eigenvalue weighted by Gasteiger charge is -2.16. The van der Waals surface area contributed by atoms with E-state index in [9.17, 15) is 9.18 Å². The molecule has 1 unspecified atom stereocenters. The minimum absolute atomic E-state index is 0.0449. The van der Waals surface area contributed by atoms with E-state index < -0.39 is 17.7 Å². The van der Waals surface area contributed by atoms with Gasteiger partial charge in [0.05, 0.1) is 14.2 Å². The molecular weight excluding hydrogens is 287 g/mol. The van der Waals surface area contributed by atoms with Gasteiger partial charge in [-0.3, -0.25) is 4.79 Å². The first-order chi connectivity index (χ1) is 10.6. The number of methoxy groups -OCH3 is 2. The lowest BCUT2D eigenvalue weighted by Crippen LogP contribution is -2.21. The summed E-state index contributed by atoms with van der Waals surface area (Å²) in [5.74, 6) is -0.449. The summed E-state index contributed by atoms with van der Waals surface area (Å²) in [6.07, 6.45) is 0. The third-order valence-corrected chi connectivity index (χ3v) is 3.19. The van der Waals surface area contributed by atoms with E-state index in [1.807, 2.05) is 0 Å². The summed E-state index contributed by atoms with van der Waals surface area (Å²) < 4.78 is 28.6. The minimum atomic E-state index is -0.622. The number of benzene rings is 2. The van der Waals surface area contributed by atoms with Gasteiger partial charge in [0.2, 0.25) is 0 Å². The van der Waals surface area contributed by atoms with Crippen LogP contribution < -0.4 is 9.47 Å². The first-order valence-electron chi connectivity index (χ1n) is 6.74. The first-order valence-corrected chi connectivity index (χ1v) is 6.74. The fourth-order valence-corrected chi connectivity index (χ4v) is 2.04. The Bertz CT molecular complexity index is 642. The SMILES string of the molecule is COC(=O)C(COc1cccc(F)c1)c1cccc(OC)c1. The van der Waals surface area contributed by atoms with E-state index in [0.29, 0.717) is 17.1 Å². The highest BCUT2D eigenvalue weighted by atomic mass is 19.1. The van der Waals surface area contributed by atoms with Crippen molar-refractivity contribution in [1.29, 1.82) is 0 Å². The predicted octanol–water partition coefficient (Wildman–Crippen LogP) is 3.17. The average molecular weight is 304 g/mol. The summed E-state index contributed by atoms with van der Waals surface area (Å²) in [4.78, 5) is 12.0. The molecule has 2 rings (SSSR count). The third kappa shape index (κ3) is 3.97. The molecule has 0 bridgehead atoms. The Morgan fingerprint density at radius 1 is 1.09 bits per heavy atom. The van der Waals surface area contributed by atoms with Crippen LogP contribution in [0.1, 0.15) is 11.5 Å². The lowest BCUT2D eigenvalue weighted by molar-refractivity contribution is -0.143. The average Bonchev–Trinajstić information content (AvgIpc) is 2.55. The van der Waals surface area contributed by atoms with Crippen molar-refractivity contribution < 1.29 is 23.4 Å². The van der Waals surface area contributed by atoms with Crippen LogP contribution in [0.3, 0.4) is 0 Å². The molecule has 0 radical (unpaired) electrons. The topological polar surface area (TPSA) is 44.8 Å². The van der Waals surface area contributed by atoms with Crippen LogP contribution in [0.25, 0.3) is 0 Å². The quantitative estimate of drug-likeness (QED) is 0.769. The molecule has 4 nitrogen and oxygen atoms in total. The highest BCUT2D eigenvalue weighted by molar-refractivity contribution is 5.78. The zero-order chi connectivity index (χ0) is 15.9. The van der Waals surface area contributed by atoms with Crippen LogP contribution >= 0.6 is 0 Å². The van der Waals surface area contributed by atoms with Crippen molar-refractivity contribution in [2.45, 2.75) is 5.92 Å². The maximum Gasteiger partial charge on any atom is 0.316 e. The largest absolute Gasteiger partial charge is 0.497 e. The van der Waals surface area contributed by atoms with Gasteiger partial charge in [-0.2, -0.15) is 0 Å². The fraction of sp³-hybridized carbons (Fsp3) is 0.235. The standard InChI is InChI=1S/C17H17FO4/c1-20-14-7-3-5-12(9-14)16(17(19)21-2)11-22-15-8-4-6-13(18)10-15/h3-10,16H,11H2,1-2H3. The molecule has 0 heterocycles. The number of hydrogen-bond donors (Lipinski definition) is 0. The predicted molar refractivity (Wildman–Crippen MR) is 79.6 cm³/mol. The van der Waals surface area contributed by atoms with E-state index in [2.05, 4.69) is 0 Å². The van der Waals surface area contributed by atoms with E-state index in [0.717, 1.165) is 0 Å². The van der Waals surface area contributed by atoms with Gasteiger partial charge in [0.25, 0.3) is 0 Å². The molecule has 2 aromatic rings. The molecule has 0 aromatic heterocycles. The van der Waals surface area contributed by atoms with Crippen LogP contribution in [-0.2, 0) is 9.53 Å². The Hall–Kier alpha value is -2.56. The van der Waals surface area contributed by atoms with Gasteiger partial charge in [-0.25, -0.2) is 4.39 Å². The molecule has 0 aliphatic heterocycles. The molecule has 0 aliphatic rings. The summed E-state index contributed by atoms with van der Waals surface area (Å²) in [5.41, 5.74) is 0.711. The molecule has 0 amide bonds. The normalized spacial score (nSPS) is 11.6. The second-order valence-electron chi connectivity index (χ2n) is 4.62. The second kappa shape index (κ2) is 7.45. The molecule has 0 fully saturated rings. The van der Waals surface area contributed by atoms with Crippen molar-refractivity contribution in [1.82, 2.24) is 0 Å². The lowest BCUT2D eigenvalue weighted by atomic mass is 10.00. The Morgan fingerprint density at radius 2 is 1.82 bits per heavy atom. The highest BCUT2D eigenvalue weighted by Crippen LogP contribution is 2.23. The van der Waals surface area contributed by atoms with Gasteiger partial charge in [-0.15, -0.1) is 0 Å². The van der Waals surface area contributed by atoms with E-state index >= 15 is 0 Å². The molecule has 0 spiro atoms. The van der Waals surface area contributed by atoms with Gasteiger partial charge < -0.3 is 14.2 Å². The number of rotatable bonds is 6. The summed E-state index contributed by atoms with van der Waals surface area (Å²) >= 11 is 0. The van der Waals surface area contributed by atoms with E-state index in [4.69, 9.17) is 14.2 Å². The maximum atomic E-state index is 13.1. The molecule has 22 heavy (non-hydrogen) atoms.